The van der Waals surface area contributed by atoms with E-state index in [1.165, 1.54) is 6.33 Å². The number of carbonyl (C=O) groups is 1. The van der Waals surface area contributed by atoms with Crippen molar-refractivity contribution in [1.82, 2.24) is 19.9 Å². The molecule has 2 aromatic heterocycles. The van der Waals surface area contributed by atoms with Crippen LogP contribution in [0, 0.1) is 0 Å². The Balaban J connectivity index is 2.07. The molecular formula is C11H13N5O5. The summed E-state index contributed by atoms with van der Waals surface area (Å²) in [5.41, 5.74) is 5.59. The number of hydrogen-bond acceptors (Lipinski definition) is 8. The smallest absolute Gasteiger partial charge is 0.269 e. The molecule has 0 unspecified atom stereocenters. The van der Waals surface area contributed by atoms with Gasteiger partial charge in [0.25, 0.3) is 5.91 Å². The number of amides is 1. The fraction of sp³-hybridized carbons (Fsp3) is 0.455. The Morgan fingerprint density at radius 1 is 1.38 bits per heavy atom. The first kappa shape index (κ1) is 13.8. The number of imidazole rings is 1. The standard InChI is InChI=1S/C11H13N5O5/c12-9(20)4-5-10(14-2-13-5)16-11(15-4)8-7(19)6(18)3(1-17)21-8/h2-3,6-8,17-19H,1H2,(H2,12,20)(H,13,14,15,16)/t3-,6-,7-,8-/m1/s1. The van der Waals surface area contributed by atoms with E-state index in [2.05, 4.69) is 19.9 Å². The molecule has 3 rings (SSSR count). The van der Waals surface area contributed by atoms with Crippen LogP contribution < -0.4 is 5.73 Å². The number of primary amides is 1. The van der Waals surface area contributed by atoms with E-state index in [0.29, 0.717) is 0 Å². The van der Waals surface area contributed by atoms with Gasteiger partial charge in [-0.15, -0.1) is 0 Å². The Bertz CT molecular complexity index is 689. The molecule has 21 heavy (non-hydrogen) atoms. The van der Waals surface area contributed by atoms with Crippen molar-refractivity contribution in [2.45, 2.75) is 24.4 Å². The third-order valence-electron chi connectivity index (χ3n) is 3.33. The average Bonchev–Trinajstić information content (AvgIpc) is 3.03. The van der Waals surface area contributed by atoms with E-state index < -0.39 is 36.9 Å². The number of hydrogen-bond donors (Lipinski definition) is 5. The second kappa shape index (κ2) is 5.00. The highest BCUT2D eigenvalue weighted by Gasteiger charge is 2.44. The van der Waals surface area contributed by atoms with Crippen molar-refractivity contribution in [2.24, 2.45) is 5.73 Å². The summed E-state index contributed by atoms with van der Waals surface area (Å²) in [6.45, 7) is -0.469. The number of aliphatic hydroxyl groups is 3. The zero-order valence-electron chi connectivity index (χ0n) is 10.7. The molecule has 1 aliphatic heterocycles. The molecule has 1 aliphatic rings. The summed E-state index contributed by atoms with van der Waals surface area (Å²) in [6.07, 6.45) is -3.32. The summed E-state index contributed by atoms with van der Waals surface area (Å²) in [6, 6.07) is 0. The predicted octanol–water partition coefficient (Wildman–Crippen LogP) is -2.39. The molecule has 10 heteroatoms. The molecule has 0 bridgehead atoms. The van der Waals surface area contributed by atoms with Crippen LogP contribution in [0.2, 0.25) is 0 Å². The fourth-order valence-corrected chi connectivity index (χ4v) is 2.27. The zero-order valence-corrected chi connectivity index (χ0v) is 10.7. The molecule has 0 aromatic carbocycles. The van der Waals surface area contributed by atoms with Gasteiger partial charge in [0.15, 0.2) is 17.2 Å². The summed E-state index contributed by atoms with van der Waals surface area (Å²) >= 11 is 0. The van der Waals surface area contributed by atoms with Crippen molar-refractivity contribution >= 4 is 17.1 Å². The number of aliphatic hydroxyl groups excluding tert-OH is 3. The van der Waals surface area contributed by atoms with Gasteiger partial charge in [-0.2, -0.15) is 0 Å². The number of nitrogens with two attached hydrogens (primary N) is 1. The minimum Gasteiger partial charge on any atom is -0.394 e. The summed E-state index contributed by atoms with van der Waals surface area (Å²) < 4.78 is 5.32. The van der Waals surface area contributed by atoms with E-state index in [-0.39, 0.29) is 22.7 Å². The minimum atomic E-state index is -1.33. The van der Waals surface area contributed by atoms with Gasteiger partial charge in [-0.1, -0.05) is 0 Å². The lowest BCUT2D eigenvalue weighted by atomic mass is 10.1. The molecule has 4 atom stereocenters. The largest absolute Gasteiger partial charge is 0.394 e. The van der Waals surface area contributed by atoms with Gasteiger partial charge in [-0.3, -0.25) is 4.79 Å². The van der Waals surface area contributed by atoms with E-state index in [1.807, 2.05) is 0 Å². The molecule has 0 radical (unpaired) electrons. The van der Waals surface area contributed by atoms with E-state index in [1.54, 1.807) is 0 Å². The van der Waals surface area contributed by atoms with E-state index in [0.717, 1.165) is 0 Å². The second-order valence-corrected chi connectivity index (χ2v) is 4.65. The van der Waals surface area contributed by atoms with Crippen molar-refractivity contribution in [3.63, 3.8) is 0 Å². The lowest BCUT2D eigenvalue weighted by Crippen LogP contribution is -2.32. The van der Waals surface area contributed by atoms with Crippen molar-refractivity contribution in [3.05, 3.63) is 17.8 Å². The monoisotopic (exact) mass is 295 g/mol. The molecule has 1 fully saturated rings. The molecule has 3 heterocycles. The first-order valence-corrected chi connectivity index (χ1v) is 6.16. The van der Waals surface area contributed by atoms with Crippen molar-refractivity contribution in [3.8, 4) is 0 Å². The van der Waals surface area contributed by atoms with Crippen LogP contribution in [0.5, 0.6) is 0 Å². The molecule has 1 amide bonds. The maximum absolute atomic E-state index is 11.4. The number of aromatic nitrogens is 4. The van der Waals surface area contributed by atoms with Gasteiger partial charge in [-0.05, 0) is 0 Å². The van der Waals surface area contributed by atoms with Crippen LogP contribution in [0.3, 0.4) is 0 Å². The van der Waals surface area contributed by atoms with Gasteiger partial charge in [0.2, 0.25) is 0 Å². The molecule has 6 N–H and O–H groups in total. The SMILES string of the molecule is NC(=O)c1nc([C@@H]2O[C@H](CO)[C@@H](O)[C@H]2O)nc2[nH]cnc12. The first-order valence-electron chi connectivity index (χ1n) is 6.16. The quantitative estimate of drug-likeness (QED) is 0.417. The average molecular weight is 295 g/mol. The van der Waals surface area contributed by atoms with Crippen LogP contribution in [-0.4, -0.2) is 66.1 Å². The molecule has 112 valence electrons. The molecule has 0 spiro atoms. The van der Waals surface area contributed by atoms with Gasteiger partial charge < -0.3 is 30.8 Å². The molecule has 0 saturated carbocycles. The zero-order chi connectivity index (χ0) is 15.1. The highest BCUT2D eigenvalue weighted by atomic mass is 16.6. The van der Waals surface area contributed by atoms with Crippen LogP contribution in [0.1, 0.15) is 22.4 Å². The molecular weight excluding hydrogens is 282 g/mol. The number of carbonyl (C=O) groups excluding carboxylic acids is 1. The van der Waals surface area contributed by atoms with Gasteiger partial charge in [0.1, 0.15) is 29.9 Å². The van der Waals surface area contributed by atoms with Crippen molar-refractivity contribution in [1.29, 1.82) is 0 Å². The number of ether oxygens (including phenoxy) is 1. The van der Waals surface area contributed by atoms with Gasteiger partial charge >= 0.3 is 0 Å². The van der Waals surface area contributed by atoms with Crippen LogP contribution in [0.4, 0.5) is 0 Å². The maximum Gasteiger partial charge on any atom is 0.269 e. The summed E-state index contributed by atoms with van der Waals surface area (Å²) in [7, 11) is 0. The third kappa shape index (κ3) is 2.14. The normalized spacial score (nSPS) is 29.1. The van der Waals surface area contributed by atoms with Crippen molar-refractivity contribution < 1.29 is 24.9 Å². The van der Waals surface area contributed by atoms with Crippen LogP contribution in [-0.2, 0) is 4.74 Å². The van der Waals surface area contributed by atoms with Gasteiger partial charge in [0, 0.05) is 0 Å². The minimum absolute atomic E-state index is 0.0250. The third-order valence-corrected chi connectivity index (χ3v) is 3.33. The van der Waals surface area contributed by atoms with Gasteiger partial charge in [0.05, 0.1) is 12.9 Å². The lowest BCUT2D eigenvalue weighted by Gasteiger charge is -2.13. The Hall–Kier alpha value is -2.14. The molecule has 1 saturated heterocycles. The highest BCUT2D eigenvalue weighted by molar-refractivity contribution is 6.01. The lowest BCUT2D eigenvalue weighted by molar-refractivity contribution is -0.0252. The number of fused-ring (bicyclic) bond motifs is 1. The molecule has 2 aromatic rings. The number of nitrogens with one attached hydrogen (secondary N) is 1. The second-order valence-electron chi connectivity index (χ2n) is 4.65. The maximum atomic E-state index is 11.4. The summed E-state index contributed by atoms with van der Waals surface area (Å²) in [5.74, 6) is -0.828. The summed E-state index contributed by atoms with van der Waals surface area (Å²) in [4.78, 5) is 26.1. The van der Waals surface area contributed by atoms with E-state index >= 15 is 0 Å². The Morgan fingerprint density at radius 3 is 2.76 bits per heavy atom. The Morgan fingerprint density at radius 2 is 2.14 bits per heavy atom. The highest BCUT2D eigenvalue weighted by Crippen LogP contribution is 2.32. The molecule has 10 nitrogen and oxygen atoms in total. The first-order chi connectivity index (χ1) is 10.0. The number of H-pyrrole nitrogens is 1. The van der Waals surface area contributed by atoms with Crippen molar-refractivity contribution in [2.75, 3.05) is 6.61 Å². The topological polar surface area (TPSA) is 167 Å². The number of nitrogens with zero attached hydrogens (tertiary/aromatic N) is 3. The van der Waals surface area contributed by atoms with Crippen LogP contribution >= 0.6 is 0 Å². The fourth-order valence-electron chi connectivity index (χ4n) is 2.27. The summed E-state index contributed by atoms with van der Waals surface area (Å²) in [5, 5.41) is 28.8. The van der Waals surface area contributed by atoms with Crippen LogP contribution in [0.25, 0.3) is 11.2 Å². The van der Waals surface area contributed by atoms with E-state index in [4.69, 9.17) is 15.6 Å². The predicted molar refractivity (Wildman–Crippen MR) is 66.9 cm³/mol. The van der Waals surface area contributed by atoms with E-state index in [9.17, 15) is 15.0 Å². The number of aromatic amines is 1. The van der Waals surface area contributed by atoms with Gasteiger partial charge in [-0.25, -0.2) is 15.0 Å². The Kier molecular flexibility index (Phi) is 3.29. The Labute approximate surface area is 117 Å². The van der Waals surface area contributed by atoms with Crippen LogP contribution in [0.15, 0.2) is 6.33 Å². The molecule has 0 aliphatic carbocycles. The number of rotatable bonds is 3.